The van der Waals surface area contributed by atoms with Gasteiger partial charge in [-0.1, -0.05) is 46.9 Å². The lowest BCUT2D eigenvalue weighted by molar-refractivity contribution is 0.0479. The molecule has 0 aliphatic carbocycles. The third-order valence-corrected chi connectivity index (χ3v) is 5.29. The molecule has 0 radical (unpaired) electrons. The molecule has 0 atom stereocenters. The summed E-state index contributed by atoms with van der Waals surface area (Å²) >= 11 is 17.6. The number of fused-ring (bicyclic) bond motifs is 1. The zero-order valence-electron chi connectivity index (χ0n) is 14.4. The zero-order valence-corrected chi connectivity index (χ0v) is 16.6. The van der Waals surface area contributed by atoms with Crippen molar-refractivity contribution >= 4 is 58.3 Å². The minimum absolute atomic E-state index is 0.0378. The Morgan fingerprint density at radius 3 is 2.25 bits per heavy atom. The number of ether oxygens (including phenoxy) is 1. The molecule has 2 aromatic rings. The van der Waals surface area contributed by atoms with Gasteiger partial charge in [-0.3, -0.25) is 14.5 Å². The van der Waals surface area contributed by atoms with Gasteiger partial charge in [0.2, 0.25) is 0 Å². The van der Waals surface area contributed by atoms with Crippen molar-refractivity contribution < 1.29 is 19.1 Å². The van der Waals surface area contributed by atoms with Gasteiger partial charge in [-0.25, -0.2) is 9.78 Å². The fourth-order valence-electron chi connectivity index (χ4n) is 2.71. The average molecular weight is 443 g/mol. The van der Waals surface area contributed by atoms with Crippen LogP contribution in [0, 0.1) is 0 Å². The minimum Gasteiger partial charge on any atom is -0.461 e. The molecule has 1 aliphatic heterocycles. The number of pyridine rings is 1. The van der Waals surface area contributed by atoms with Crippen molar-refractivity contribution in [3.05, 3.63) is 56.3 Å². The number of aromatic nitrogens is 1. The van der Waals surface area contributed by atoms with Gasteiger partial charge >= 0.3 is 5.97 Å². The van der Waals surface area contributed by atoms with Crippen molar-refractivity contribution in [1.82, 2.24) is 9.88 Å². The quantitative estimate of drug-likeness (QED) is 0.315. The highest BCUT2D eigenvalue weighted by atomic mass is 35.5. The van der Waals surface area contributed by atoms with Crippen LogP contribution in [0.2, 0.25) is 15.2 Å². The number of hydrogen-bond acceptors (Lipinski definition) is 6. The van der Waals surface area contributed by atoms with E-state index in [1.54, 1.807) is 24.3 Å². The van der Waals surface area contributed by atoms with Gasteiger partial charge in [0.05, 0.1) is 28.4 Å². The normalized spacial score (nSPS) is 13.0. The van der Waals surface area contributed by atoms with Crippen LogP contribution in [-0.2, 0) is 4.74 Å². The van der Waals surface area contributed by atoms with E-state index in [0.717, 1.165) is 0 Å². The van der Waals surface area contributed by atoms with Crippen LogP contribution >= 0.6 is 34.8 Å². The summed E-state index contributed by atoms with van der Waals surface area (Å²) in [6.07, 6.45) is 0.886. The standard InChI is InChI=1S/C18H14Cl3N3O4/c19-11-13(22)12(20)15(21)23-14(11)18(27)28-8-4-3-7-24-16(25)9-5-1-2-6-10(9)17(24)26/h1-2,5-6H,3-4,7-8H2,(H2,22,23). The monoisotopic (exact) mass is 441 g/mol. The molecule has 146 valence electrons. The van der Waals surface area contributed by atoms with Gasteiger partial charge < -0.3 is 10.5 Å². The van der Waals surface area contributed by atoms with Gasteiger partial charge in [-0.2, -0.15) is 0 Å². The van der Waals surface area contributed by atoms with Crippen LogP contribution in [0.4, 0.5) is 5.69 Å². The van der Waals surface area contributed by atoms with Gasteiger partial charge in [0, 0.05) is 6.54 Å². The van der Waals surface area contributed by atoms with E-state index >= 15 is 0 Å². The summed E-state index contributed by atoms with van der Waals surface area (Å²) in [4.78, 5) is 41.6. The van der Waals surface area contributed by atoms with Crippen LogP contribution in [0.1, 0.15) is 44.0 Å². The highest BCUT2D eigenvalue weighted by Crippen LogP contribution is 2.34. The lowest BCUT2D eigenvalue weighted by atomic mass is 10.1. The first-order chi connectivity index (χ1) is 13.3. The Hall–Kier alpha value is -2.35. The number of esters is 1. The number of nitrogens with zero attached hydrogens (tertiary/aromatic N) is 2. The number of anilines is 1. The molecular formula is C18H14Cl3N3O4. The predicted octanol–water partition coefficient (Wildman–Crippen LogP) is 3.86. The Morgan fingerprint density at radius 2 is 1.64 bits per heavy atom. The topological polar surface area (TPSA) is 103 Å². The molecule has 0 saturated heterocycles. The Balaban J connectivity index is 1.50. The minimum atomic E-state index is -0.795. The molecule has 1 aromatic heterocycles. The summed E-state index contributed by atoms with van der Waals surface area (Å²) < 4.78 is 5.11. The fraction of sp³-hybridized carbons (Fsp3) is 0.222. The highest BCUT2D eigenvalue weighted by Gasteiger charge is 2.34. The van der Waals surface area contributed by atoms with Gasteiger partial charge in [-0.15, -0.1) is 0 Å². The third kappa shape index (κ3) is 3.78. The van der Waals surface area contributed by atoms with E-state index in [1.807, 2.05) is 0 Å². The SMILES string of the molecule is Nc1c(Cl)c(Cl)nc(C(=O)OCCCCN2C(=O)c3ccccc3C2=O)c1Cl. The third-order valence-electron chi connectivity index (χ3n) is 4.15. The second-order valence-corrected chi connectivity index (χ2v) is 7.06. The predicted molar refractivity (Wildman–Crippen MR) is 105 cm³/mol. The fourth-order valence-corrected chi connectivity index (χ4v) is 3.30. The number of imide groups is 1. The lowest BCUT2D eigenvalue weighted by Crippen LogP contribution is -2.30. The second-order valence-electron chi connectivity index (χ2n) is 5.94. The van der Waals surface area contributed by atoms with Crippen LogP contribution in [0.3, 0.4) is 0 Å². The van der Waals surface area contributed by atoms with E-state index in [9.17, 15) is 14.4 Å². The first kappa shape index (κ1) is 20.4. The maximum absolute atomic E-state index is 12.3. The van der Waals surface area contributed by atoms with Crippen molar-refractivity contribution in [2.75, 3.05) is 18.9 Å². The van der Waals surface area contributed by atoms with Gasteiger partial charge in [-0.05, 0) is 25.0 Å². The maximum Gasteiger partial charge on any atom is 0.358 e. The van der Waals surface area contributed by atoms with E-state index in [4.69, 9.17) is 45.3 Å². The first-order valence-electron chi connectivity index (χ1n) is 8.25. The molecule has 2 amide bonds. The van der Waals surface area contributed by atoms with Crippen LogP contribution in [0.15, 0.2) is 24.3 Å². The number of nitrogens with two attached hydrogens (primary N) is 1. The number of benzene rings is 1. The molecule has 0 spiro atoms. The number of rotatable bonds is 6. The van der Waals surface area contributed by atoms with Crippen LogP contribution in [0.5, 0.6) is 0 Å². The molecule has 1 aliphatic rings. The lowest BCUT2D eigenvalue weighted by Gasteiger charge is -2.13. The van der Waals surface area contributed by atoms with E-state index in [-0.39, 0.29) is 51.5 Å². The van der Waals surface area contributed by atoms with E-state index in [1.165, 1.54) is 4.90 Å². The summed E-state index contributed by atoms with van der Waals surface area (Å²) in [5.41, 5.74) is 6.18. The Labute approximate surface area is 175 Å². The number of unbranched alkanes of at least 4 members (excludes halogenated alkanes) is 1. The summed E-state index contributed by atoms with van der Waals surface area (Å²) in [7, 11) is 0. The van der Waals surface area contributed by atoms with Crippen LogP contribution in [-0.4, -0.2) is 40.8 Å². The van der Waals surface area contributed by atoms with Crippen molar-refractivity contribution in [3.8, 4) is 0 Å². The number of hydrogen-bond donors (Lipinski definition) is 1. The summed E-state index contributed by atoms with van der Waals surface area (Å²) in [5.74, 6) is -1.43. The smallest absolute Gasteiger partial charge is 0.358 e. The number of amides is 2. The Kier molecular flexibility index (Phi) is 6.07. The molecule has 7 nitrogen and oxygen atoms in total. The number of halogens is 3. The van der Waals surface area contributed by atoms with E-state index in [2.05, 4.69) is 4.98 Å². The molecule has 3 rings (SSSR count). The molecule has 0 bridgehead atoms. The van der Waals surface area contributed by atoms with E-state index in [0.29, 0.717) is 24.0 Å². The van der Waals surface area contributed by atoms with Crippen molar-refractivity contribution in [2.45, 2.75) is 12.8 Å². The number of nitrogen functional groups attached to an aromatic ring is 1. The molecule has 2 N–H and O–H groups in total. The molecule has 0 unspecified atom stereocenters. The summed E-state index contributed by atoms with van der Waals surface area (Å²) in [6, 6.07) is 6.66. The molecule has 0 fully saturated rings. The van der Waals surface area contributed by atoms with Crippen molar-refractivity contribution in [1.29, 1.82) is 0 Å². The zero-order chi connectivity index (χ0) is 20.4. The number of carbonyl (C=O) groups excluding carboxylic acids is 3. The molecule has 0 saturated carbocycles. The van der Waals surface area contributed by atoms with Crippen molar-refractivity contribution in [3.63, 3.8) is 0 Å². The molecular weight excluding hydrogens is 429 g/mol. The second kappa shape index (κ2) is 8.34. The molecule has 2 heterocycles. The maximum atomic E-state index is 12.3. The summed E-state index contributed by atoms with van der Waals surface area (Å²) in [5, 5.41) is -0.323. The molecule has 10 heteroatoms. The Morgan fingerprint density at radius 1 is 1.04 bits per heavy atom. The largest absolute Gasteiger partial charge is 0.461 e. The highest BCUT2D eigenvalue weighted by molar-refractivity contribution is 6.46. The number of carbonyl (C=O) groups is 3. The Bertz CT molecular complexity index is 946. The van der Waals surface area contributed by atoms with Crippen LogP contribution in [0.25, 0.3) is 0 Å². The average Bonchev–Trinajstić information content (AvgIpc) is 2.93. The van der Waals surface area contributed by atoms with Gasteiger partial charge in [0.25, 0.3) is 11.8 Å². The van der Waals surface area contributed by atoms with Gasteiger partial charge in [0.1, 0.15) is 5.02 Å². The molecule has 1 aromatic carbocycles. The summed E-state index contributed by atoms with van der Waals surface area (Å²) in [6.45, 7) is 0.267. The van der Waals surface area contributed by atoms with Crippen molar-refractivity contribution in [2.24, 2.45) is 0 Å². The van der Waals surface area contributed by atoms with Gasteiger partial charge in [0.15, 0.2) is 10.8 Å². The molecule has 28 heavy (non-hydrogen) atoms. The first-order valence-corrected chi connectivity index (χ1v) is 9.38. The van der Waals surface area contributed by atoms with Crippen LogP contribution < -0.4 is 5.73 Å². The van der Waals surface area contributed by atoms with E-state index < -0.39 is 5.97 Å².